The van der Waals surface area contributed by atoms with Crippen LogP contribution in [0.3, 0.4) is 0 Å². The molecule has 1 aromatic heterocycles. The van der Waals surface area contributed by atoms with E-state index < -0.39 is 17.4 Å². The maximum atomic E-state index is 13.2. The van der Waals surface area contributed by atoms with Crippen molar-refractivity contribution >= 4 is 11.7 Å². The number of pyridine rings is 1. The number of benzene rings is 1. The van der Waals surface area contributed by atoms with Crippen LogP contribution in [-0.2, 0) is 16.8 Å². The number of nitrogens with zero attached hydrogens (tertiary/aromatic N) is 1. The SMILES string of the molecule is NC(=O)c1ccc2c(c1)OC(C(=O)C1(c3ccccn3)CC1)CNC2. The van der Waals surface area contributed by atoms with Gasteiger partial charge in [0.2, 0.25) is 5.91 Å². The summed E-state index contributed by atoms with van der Waals surface area (Å²) < 4.78 is 6.01. The van der Waals surface area contributed by atoms with Crippen molar-refractivity contribution in [3.05, 3.63) is 59.4 Å². The molecule has 2 aromatic rings. The standard InChI is InChI=1S/C19H19N3O3/c20-18(24)12-4-5-13-10-21-11-15(25-14(13)9-12)17(23)19(6-7-19)16-3-1-2-8-22-16/h1-5,8-9,15,21H,6-7,10-11H2,(H2,20,24). The van der Waals surface area contributed by atoms with Crippen LogP contribution in [0.4, 0.5) is 0 Å². The fourth-order valence-electron chi connectivity index (χ4n) is 3.35. The van der Waals surface area contributed by atoms with Gasteiger partial charge in [-0.2, -0.15) is 0 Å². The van der Waals surface area contributed by atoms with Gasteiger partial charge in [0, 0.05) is 30.4 Å². The molecule has 2 aliphatic rings. The van der Waals surface area contributed by atoms with E-state index in [-0.39, 0.29) is 5.78 Å². The topological polar surface area (TPSA) is 94.3 Å². The summed E-state index contributed by atoms with van der Waals surface area (Å²) in [6.07, 6.45) is 2.67. The average Bonchev–Trinajstić information content (AvgIpc) is 3.45. The first kappa shape index (κ1) is 15.8. The highest BCUT2D eigenvalue weighted by Gasteiger charge is 2.55. The molecular formula is C19H19N3O3. The zero-order valence-corrected chi connectivity index (χ0v) is 13.7. The molecule has 1 amide bonds. The summed E-state index contributed by atoms with van der Waals surface area (Å²) in [5.41, 5.74) is 6.89. The molecule has 0 spiro atoms. The molecule has 2 heterocycles. The van der Waals surface area contributed by atoms with E-state index in [4.69, 9.17) is 10.5 Å². The van der Waals surface area contributed by atoms with Crippen LogP contribution in [0.15, 0.2) is 42.6 Å². The number of Topliss-reactive ketones (excluding diaryl/α,β-unsaturated/α-hetero) is 1. The Hall–Kier alpha value is -2.73. The number of nitrogens with one attached hydrogen (secondary N) is 1. The lowest BCUT2D eigenvalue weighted by Gasteiger charge is -2.22. The lowest BCUT2D eigenvalue weighted by atomic mass is 9.92. The number of aromatic nitrogens is 1. The fraction of sp³-hybridized carbons (Fsp3) is 0.316. The Morgan fingerprint density at radius 3 is 2.76 bits per heavy atom. The highest BCUT2D eigenvalue weighted by molar-refractivity contribution is 5.97. The van der Waals surface area contributed by atoms with Crippen LogP contribution in [0.1, 0.15) is 34.5 Å². The van der Waals surface area contributed by atoms with Gasteiger partial charge in [-0.05, 0) is 37.1 Å². The molecule has 1 aliphatic heterocycles. The number of primary amides is 1. The molecule has 0 bridgehead atoms. The Morgan fingerprint density at radius 2 is 2.08 bits per heavy atom. The predicted molar refractivity (Wildman–Crippen MR) is 91.2 cm³/mol. The second-order valence-corrected chi connectivity index (χ2v) is 6.59. The van der Waals surface area contributed by atoms with Crippen molar-refractivity contribution in [1.82, 2.24) is 10.3 Å². The van der Waals surface area contributed by atoms with E-state index in [0.29, 0.717) is 24.4 Å². The molecule has 6 heteroatoms. The highest BCUT2D eigenvalue weighted by Crippen LogP contribution is 2.49. The molecule has 3 N–H and O–H groups in total. The number of nitrogens with two attached hydrogens (primary N) is 1. The monoisotopic (exact) mass is 337 g/mol. The average molecular weight is 337 g/mol. The minimum absolute atomic E-state index is 0.0380. The van der Waals surface area contributed by atoms with Crippen LogP contribution in [0.2, 0.25) is 0 Å². The van der Waals surface area contributed by atoms with Crippen molar-refractivity contribution < 1.29 is 14.3 Å². The van der Waals surface area contributed by atoms with Gasteiger partial charge in [-0.25, -0.2) is 0 Å². The van der Waals surface area contributed by atoms with Crippen LogP contribution in [0, 0.1) is 0 Å². The van der Waals surface area contributed by atoms with Gasteiger partial charge < -0.3 is 15.8 Å². The van der Waals surface area contributed by atoms with Crippen molar-refractivity contribution in [3.63, 3.8) is 0 Å². The first-order valence-electron chi connectivity index (χ1n) is 8.36. The molecule has 1 atom stereocenters. The number of fused-ring (bicyclic) bond motifs is 1. The van der Waals surface area contributed by atoms with Crippen molar-refractivity contribution in [2.45, 2.75) is 30.9 Å². The minimum Gasteiger partial charge on any atom is -0.481 e. The van der Waals surface area contributed by atoms with Crippen LogP contribution in [-0.4, -0.2) is 29.3 Å². The minimum atomic E-state index is -0.617. The molecule has 0 radical (unpaired) electrons. The summed E-state index contributed by atoms with van der Waals surface area (Å²) in [5.74, 6) is 0.0612. The number of ketones is 1. The predicted octanol–water partition coefficient (Wildman–Crippen LogP) is 1.33. The Bertz CT molecular complexity index is 831. The van der Waals surface area contributed by atoms with E-state index in [9.17, 15) is 9.59 Å². The van der Waals surface area contributed by atoms with E-state index in [0.717, 1.165) is 24.1 Å². The normalized spacial score (nSPS) is 20.7. The smallest absolute Gasteiger partial charge is 0.248 e. The first-order valence-corrected chi connectivity index (χ1v) is 8.36. The molecule has 4 rings (SSSR count). The van der Waals surface area contributed by atoms with E-state index in [1.54, 1.807) is 24.4 Å². The summed E-state index contributed by atoms with van der Waals surface area (Å²) in [6, 6.07) is 10.7. The third kappa shape index (κ3) is 2.78. The molecule has 1 unspecified atom stereocenters. The van der Waals surface area contributed by atoms with Gasteiger partial charge >= 0.3 is 0 Å². The van der Waals surface area contributed by atoms with Crippen molar-refractivity contribution in [2.75, 3.05) is 6.54 Å². The van der Waals surface area contributed by atoms with Crippen molar-refractivity contribution in [2.24, 2.45) is 5.73 Å². The van der Waals surface area contributed by atoms with Crippen LogP contribution in [0.25, 0.3) is 0 Å². The van der Waals surface area contributed by atoms with E-state index in [1.807, 2.05) is 18.2 Å². The number of rotatable bonds is 4. The van der Waals surface area contributed by atoms with Gasteiger partial charge in [-0.15, -0.1) is 0 Å². The van der Waals surface area contributed by atoms with Gasteiger partial charge in [0.15, 0.2) is 11.9 Å². The largest absolute Gasteiger partial charge is 0.481 e. The third-order valence-electron chi connectivity index (χ3n) is 4.94. The number of amides is 1. The van der Waals surface area contributed by atoms with E-state index in [2.05, 4.69) is 10.3 Å². The zero-order chi connectivity index (χ0) is 17.4. The molecular weight excluding hydrogens is 318 g/mol. The molecule has 1 aliphatic carbocycles. The number of ether oxygens (including phenoxy) is 1. The van der Waals surface area contributed by atoms with Gasteiger partial charge in [0.05, 0.1) is 11.1 Å². The van der Waals surface area contributed by atoms with Crippen LogP contribution < -0.4 is 15.8 Å². The molecule has 1 fully saturated rings. The molecule has 1 saturated carbocycles. The van der Waals surface area contributed by atoms with Gasteiger partial charge in [0.1, 0.15) is 5.75 Å². The molecule has 6 nitrogen and oxygen atoms in total. The Balaban J connectivity index is 1.62. The highest BCUT2D eigenvalue weighted by atomic mass is 16.5. The Kier molecular flexibility index (Phi) is 3.77. The second kappa shape index (κ2) is 5.97. The molecule has 1 aromatic carbocycles. The summed E-state index contributed by atoms with van der Waals surface area (Å²) >= 11 is 0. The molecule has 25 heavy (non-hydrogen) atoms. The fourth-order valence-corrected chi connectivity index (χ4v) is 3.35. The van der Waals surface area contributed by atoms with Crippen molar-refractivity contribution in [3.8, 4) is 5.75 Å². The molecule has 0 saturated heterocycles. The lowest BCUT2D eigenvalue weighted by molar-refractivity contribution is -0.128. The van der Waals surface area contributed by atoms with Crippen LogP contribution >= 0.6 is 0 Å². The maximum Gasteiger partial charge on any atom is 0.248 e. The van der Waals surface area contributed by atoms with E-state index in [1.165, 1.54) is 0 Å². The number of hydrogen-bond acceptors (Lipinski definition) is 5. The zero-order valence-electron chi connectivity index (χ0n) is 13.7. The maximum absolute atomic E-state index is 13.2. The first-order chi connectivity index (χ1) is 12.1. The van der Waals surface area contributed by atoms with Crippen molar-refractivity contribution in [1.29, 1.82) is 0 Å². The van der Waals surface area contributed by atoms with Gasteiger partial charge in [-0.3, -0.25) is 14.6 Å². The lowest BCUT2D eigenvalue weighted by Crippen LogP contribution is -2.42. The van der Waals surface area contributed by atoms with Crippen LogP contribution in [0.5, 0.6) is 5.75 Å². The number of hydrogen-bond donors (Lipinski definition) is 2. The Morgan fingerprint density at radius 1 is 1.24 bits per heavy atom. The number of carbonyl (C=O) groups excluding carboxylic acids is 2. The van der Waals surface area contributed by atoms with E-state index >= 15 is 0 Å². The summed E-state index contributed by atoms with van der Waals surface area (Å²) in [7, 11) is 0. The third-order valence-corrected chi connectivity index (χ3v) is 4.94. The molecule has 128 valence electrons. The van der Waals surface area contributed by atoms with Gasteiger partial charge in [-0.1, -0.05) is 12.1 Å². The van der Waals surface area contributed by atoms with Gasteiger partial charge in [0.25, 0.3) is 0 Å². The second-order valence-electron chi connectivity index (χ2n) is 6.59. The summed E-state index contributed by atoms with van der Waals surface area (Å²) in [5, 5.41) is 3.25. The summed E-state index contributed by atoms with van der Waals surface area (Å²) in [4.78, 5) is 29.0. The quantitative estimate of drug-likeness (QED) is 0.878. The summed E-state index contributed by atoms with van der Waals surface area (Å²) in [6.45, 7) is 1.00. The Labute approximate surface area is 145 Å². The number of carbonyl (C=O) groups is 2.